The number of nitro groups is 1. The third-order valence-electron chi connectivity index (χ3n) is 5.04. The molecule has 1 heterocycles. The molecular formula is C21H27N5O5S. The minimum Gasteiger partial charge on any atom is -0.377 e. The first-order valence-corrected chi connectivity index (χ1v) is 11.7. The molecule has 2 N–H and O–H groups in total. The number of hydrogen-bond donors (Lipinski definition) is 2. The number of carbonyl (C=O) groups is 1. The Morgan fingerprint density at radius 3 is 2.22 bits per heavy atom. The predicted octanol–water partition coefficient (Wildman–Crippen LogP) is 2.88. The SMILES string of the molecule is CC(=O)Nc1ccc(S(=O)(=O)N2CCN(c3ccc([N+](=O)[O-])c(NC(C)C)c3)CC2)cc1. The van der Waals surface area contributed by atoms with E-state index in [1.807, 2.05) is 18.7 Å². The molecule has 11 heteroatoms. The molecule has 2 aromatic rings. The standard InChI is InChI=1S/C21H27N5O5S/c1-15(2)22-20-14-18(6-9-21(20)26(28)29)24-10-12-25(13-11-24)32(30,31)19-7-4-17(5-8-19)23-16(3)27/h4-9,14-15,22H,10-13H2,1-3H3,(H,23,27). The van der Waals surface area contributed by atoms with Crippen LogP contribution in [0.3, 0.4) is 0 Å². The van der Waals surface area contributed by atoms with Crippen LogP contribution in [0.5, 0.6) is 0 Å². The van der Waals surface area contributed by atoms with Gasteiger partial charge in [0.2, 0.25) is 15.9 Å². The summed E-state index contributed by atoms with van der Waals surface area (Å²) in [6.07, 6.45) is 0. The lowest BCUT2D eigenvalue weighted by Gasteiger charge is -2.35. The molecule has 172 valence electrons. The number of sulfonamides is 1. The second-order valence-corrected chi connectivity index (χ2v) is 9.79. The number of anilines is 3. The summed E-state index contributed by atoms with van der Waals surface area (Å²) in [6.45, 7) is 6.70. The monoisotopic (exact) mass is 461 g/mol. The summed E-state index contributed by atoms with van der Waals surface area (Å²) in [4.78, 5) is 24.2. The number of nitro benzene ring substituents is 1. The molecule has 2 aromatic carbocycles. The van der Waals surface area contributed by atoms with Crippen LogP contribution in [0.25, 0.3) is 0 Å². The van der Waals surface area contributed by atoms with Gasteiger partial charge in [0.15, 0.2) is 0 Å². The fraction of sp³-hybridized carbons (Fsp3) is 0.381. The molecule has 0 saturated carbocycles. The van der Waals surface area contributed by atoms with E-state index in [4.69, 9.17) is 0 Å². The van der Waals surface area contributed by atoms with Crippen molar-refractivity contribution in [1.29, 1.82) is 0 Å². The molecule has 0 spiro atoms. The number of hydrogen-bond acceptors (Lipinski definition) is 7. The van der Waals surface area contributed by atoms with Gasteiger partial charge in [-0.2, -0.15) is 4.31 Å². The topological polar surface area (TPSA) is 125 Å². The summed E-state index contributed by atoms with van der Waals surface area (Å²) in [6, 6.07) is 11.0. The van der Waals surface area contributed by atoms with Crippen molar-refractivity contribution in [3.8, 4) is 0 Å². The van der Waals surface area contributed by atoms with Gasteiger partial charge in [-0.3, -0.25) is 14.9 Å². The van der Waals surface area contributed by atoms with Crippen LogP contribution < -0.4 is 15.5 Å². The van der Waals surface area contributed by atoms with Gasteiger partial charge in [-0.05, 0) is 50.2 Å². The molecule has 0 atom stereocenters. The molecule has 0 aliphatic carbocycles. The number of rotatable bonds is 7. The summed E-state index contributed by atoms with van der Waals surface area (Å²) in [5.74, 6) is -0.227. The third kappa shape index (κ3) is 5.35. The van der Waals surface area contributed by atoms with Crippen molar-refractivity contribution in [3.63, 3.8) is 0 Å². The summed E-state index contributed by atoms with van der Waals surface area (Å²) in [5.41, 5.74) is 1.78. The van der Waals surface area contributed by atoms with Gasteiger partial charge >= 0.3 is 0 Å². The quantitative estimate of drug-likeness (QED) is 0.480. The summed E-state index contributed by atoms with van der Waals surface area (Å²) >= 11 is 0. The van der Waals surface area contributed by atoms with Gasteiger partial charge < -0.3 is 15.5 Å². The molecule has 1 aliphatic heterocycles. The largest absolute Gasteiger partial charge is 0.377 e. The molecule has 0 aromatic heterocycles. The fourth-order valence-electron chi connectivity index (χ4n) is 3.56. The minimum absolute atomic E-state index is 0.00590. The van der Waals surface area contributed by atoms with Crippen molar-refractivity contribution >= 4 is 38.7 Å². The van der Waals surface area contributed by atoms with E-state index in [2.05, 4.69) is 10.6 Å². The van der Waals surface area contributed by atoms with Crippen LogP contribution in [0.2, 0.25) is 0 Å². The zero-order valence-electron chi connectivity index (χ0n) is 18.2. The first-order chi connectivity index (χ1) is 15.1. The van der Waals surface area contributed by atoms with E-state index in [-0.39, 0.29) is 22.5 Å². The van der Waals surface area contributed by atoms with Crippen molar-refractivity contribution in [3.05, 3.63) is 52.6 Å². The van der Waals surface area contributed by atoms with Gasteiger partial charge in [0.05, 0.1) is 9.82 Å². The Hall–Kier alpha value is -3.18. The lowest BCUT2D eigenvalue weighted by Crippen LogP contribution is -2.48. The average Bonchev–Trinajstić information content (AvgIpc) is 2.73. The molecule has 1 saturated heterocycles. The number of benzene rings is 2. The second-order valence-electron chi connectivity index (χ2n) is 7.85. The molecule has 1 amide bonds. The van der Waals surface area contributed by atoms with Crippen LogP contribution in [-0.4, -0.2) is 55.8 Å². The molecule has 0 bridgehead atoms. The van der Waals surface area contributed by atoms with E-state index in [1.165, 1.54) is 29.4 Å². The van der Waals surface area contributed by atoms with Crippen molar-refractivity contribution in [2.75, 3.05) is 41.7 Å². The first kappa shape index (κ1) is 23.5. The predicted molar refractivity (Wildman–Crippen MR) is 124 cm³/mol. The molecule has 0 unspecified atom stereocenters. The van der Waals surface area contributed by atoms with Crippen LogP contribution >= 0.6 is 0 Å². The van der Waals surface area contributed by atoms with Crippen LogP contribution in [-0.2, 0) is 14.8 Å². The third-order valence-corrected chi connectivity index (χ3v) is 6.95. The number of nitrogens with one attached hydrogen (secondary N) is 2. The van der Waals surface area contributed by atoms with Gasteiger partial charge in [-0.15, -0.1) is 0 Å². The molecule has 10 nitrogen and oxygen atoms in total. The number of nitrogens with zero attached hydrogens (tertiary/aromatic N) is 3. The van der Waals surface area contributed by atoms with E-state index in [0.717, 1.165) is 5.69 Å². The minimum atomic E-state index is -3.66. The van der Waals surface area contributed by atoms with E-state index < -0.39 is 14.9 Å². The number of carbonyl (C=O) groups excluding carboxylic acids is 1. The van der Waals surface area contributed by atoms with E-state index in [0.29, 0.717) is 37.6 Å². The van der Waals surface area contributed by atoms with Crippen molar-refractivity contribution < 1.29 is 18.1 Å². The maximum Gasteiger partial charge on any atom is 0.292 e. The molecule has 1 fully saturated rings. The van der Waals surface area contributed by atoms with E-state index >= 15 is 0 Å². The second kappa shape index (κ2) is 9.53. The van der Waals surface area contributed by atoms with Crippen molar-refractivity contribution in [1.82, 2.24) is 4.31 Å². The average molecular weight is 462 g/mol. The summed E-state index contributed by atoms with van der Waals surface area (Å²) < 4.78 is 27.4. The molecule has 0 radical (unpaired) electrons. The van der Waals surface area contributed by atoms with Crippen LogP contribution in [0, 0.1) is 10.1 Å². The summed E-state index contributed by atoms with van der Waals surface area (Å²) in [7, 11) is -3.66. The van der Waals surface area contributed by atoms with Crippen LogP contribution in [0.15, 0.2) is 47.4 Å². The Kier molecular flexibility index (Phi) is 6.99. The Morgan fingerprint density at radius 1 is 1.06 bits per heavy atom. The molecule has 32 heavy (non-hydrogen) atoms. The molecule has 1 aliphatic rings. The normalized spacial score (nSPS) is 14.9. The Labute approximate surface area is 187 Å². The molecular weight excluding hydrogens is 434 g/mol. The van der Waals surface area contributed by atoms with E-state index in [9.17, 15) is 23.3 Å². The smallest absolute Gasteiger partial charge is 0.292 e. The van der Waals surface area contributed by atoms with Gasteiger partial charge in [0.25, 0.3) is 5.69 Å². The van der Waals surface area contributed by atoms with Gasteiger partial charge in [0.1, 0.15) is 5.69 Å². The van der Waals surface area contributed by atoms with Crippen molar-refractivity contribution in [2.24, 2.45) is 0 Å². The maximum absolute atomic E-state index is 13.0. The van der Waals surface area contributed by atoms with Gasteiger partial charge in [-0.1, -0.05) is 0 Å². The zero-order valence-corrected chi connectivity index (χ0v) is 19.1. The highest BCUT2D eigenvalue weighted by molar-refractivity contribution is 7.89. The highest BCUT2D eigenvalue weighted by Gasteiger charge is 2.29. The lowest BCUT2D eigenvalue weighted by molar-refractivity contribution is -0.384. The first-order valence-electron chi connectivity index (χ1n) is 10.3. The summed E-state index contributed by atoms with van der Waals surface area (Å²) in [5, 5.41) is 17.0. The van der Waals surface area contributed by atoms with Gasteiger partial charge in [-0.25, -0.2) is 8.42 Å². The van der Waals surface area contributed by atoms with Crippen molar-refractivity contribution in [2.45, 2.75) is 31.7 Å². The number of piperazine rings is 1. The zero-order chi connectivity index (χ0) is 23.5. The number of amides is 1. The van der Waals surface area contributed by atoms with E-state index in [1.54, 1.807) is 24.3 Å². The Bertz CT molecular complexity index is 1090. The Balaban J connectivity index is 1.71. The molecule has 3 rings (SSSR count). The maximum atomic E-state index is 13.0. The van der Waals surface area contributed by atoms with Crippen LogP contribution in [0.1, 0.15) is 20.8 Å². The fourth-order valence-corrected chi connectivity index (χ4v) is 4.98. The lowest BCUT2D eigenvalue weighted by atomic mass is 10.2. The highest BCUT2D eigenvalue weighted by atomic mass is 32.2. The van der Waals surface area contributed by atoms with Gasteiger partial charge in [0, 0.05) is 56.6 Å². The Morgan fingerprint density at radius 2 is 1.69 bits per heavy atom. The van der Waals surface area contributed by atoms with Crippen LogP contribution in [0.4, 0.5) is 22.7 Å². The highest BCUT2D eigenvalue weighted by Crippen LogP contribution is 2.31.